The lowest BCUT2D eigenvalue weighted by Crippen LogP contribution is -2.25. The molecule has 0 fully saturated rings. The number of nitrogen functional groups attached to an aromatic ring is 1. The summed E-state index contributed by atoms with van der Waals surface area (Å²) in [6, 6.07) is 0. The fourth-order valence-corrected chi connectivity index (χ4v) is 1.14. The van der Waals surface area contributed by atoms with Crippen molar-refractivity contribution in [1.29, 1.82) is 0 Å². The van der Waals surface area contributed by atoms with Gasteiger partial charge >= 0.3 is 0 Å². The van der Waals surface area contributed by atoms with E-state index in [9.17, 15) is 9.18 Å². The molecule has 0 saturated carbocycles. The normalized spacial score (nSPS) is 9.82. The Hall–Kier alpha value is -1.96. The number of carbonyl (C=O) groups excluding carboxylic acids is 1. The molecule has 5 N–H and O–H groups in total. The van der Waals surface area contributed by atoms with Crippen LogP contribution in [0.4, 0.5) is 16.2 Å². The van der Waals surface area contributed by atoms with Crippen LogP contribution in [0, 0.1) is 5.82 Å². The number of amides is 1. The van der Waals surface area contributed by atoms with E-state index in [0.717, 1.165) is 6.20 Å². The Kier molecular flexibility index (Phi) is 5.08. The number of nitrogens with zero attached hydrogens (tertiary/aromatic N) is 2. The van der Waals surface area contributed by atoms with Crippen molar-refractivity contribution in [2.75, 3.05) is 23.8 Å². The summed E-state index contributed by atoms with van der Waals surface area (Å²) >= 11 is 0. The first kappa shape index (κ1) is 13.1. The number of hydrogen-bond acceptors (Lipinski definition) is 6. The Morgan fingerprint density at radius 1 is 1.59 bits per heavy atom. The van der Waals surface area contributed by atoms with Gasteiger partial charge in [0.25, 0.3) is 0 Å². The van der Waals surface area contributed by atoms with Crippen LogP contribution in [0.5, 0.6) is 0 Å². The van der Waals surface area contributed by atoms with Crippen LogP contribution in [0.3, 0.4) is 0 Å². The van der Waals surface area contributed by atoms with Crippen molar-refractivity contribution in [2.24, 2.45) is 5.84 Å². The number of nitrogens with one attached hydrogen (secondary N) is 3. The monoisotopic (exact) mass is 242 g/mol. The zero-order valence-corrected chi connectivity index (χ0v) is 9.46. The van der Waals surface area contributed by atoms with E-state index in [2.05, 4.69) is 26.0 Å². The molecule has 0 spiro atoms. The topological polar surface area (TPSA) is 105 Å². The van der Waals surface area contributed by atoms with E-state index in [1.54, 1.807) is 0 Å². The maximum atomic E-state index is 13.2. The summed E-state index contributed by atoms with van der Waals surface area (Å²) in [5.41, 5.74) is 2.21. The summed E-state index contributed by atoms with van der Waals surface area (Å²) < 4.78 is 13.2. The Morgan fingerprint density at radius 3 is 3.00 bits per heavy atom. The van der Waals surface area contributed by atoms with E-state index in [0.29, 0.717) is 6.54 Å². The van der Waals surface area contributed by atoms with Crippen LogP contribution in [0.1, 0.15) is 13.3 Å². The van der Waals surface area contributed by atoms with Gasteiger partial charge in [-0.3, -0.25) is 10.2 Å². The minimum absolute atomic E-state index is 0.0113. The van der Waals surface area contributed by atoms with Crippen LogP contribution in [0.2, 0.25) is 0 Å². The van der Waals surface area contributed by atoms with Crippen molar-refractivity contribution in [3.8, 4) is 0 Å². The van der Waals surface area contributed by atoms with Crippen LogP contribution in [0.25, 0.3) is 0 Å². The van der Waals surface area contributed by atoms with Gasteiger partial charge in [-0.25, -0.2) is 15.2 Å². The maximum absolute atomic E-state index is 13.2. The number of halogens is 1. The second-order valence-corrected chi connectivity index (χ2v) is 3.16. The van der Waals surface area contributed by atoms with E-state index in [1.807, 2.05) is 6.92 Å². The summed E-state index contributed by atoms with van der Waals surface area (Å²) in [5.74, 6) is 4.51. The molecule has 0 aliphatic rings. The zero-order chi connectivity index (χ0) is 12.7. The third-order valence-electron chi connectivity index (χ3n) is 1.89. The van der Waals surface area contributed by atoms with Crippen LogP contribution in [-0.2, 0) is 4.79 Å². The number of aromatic nitrogens is 2. The van der Waals surface area contributed by atoms with Gasteiger partial charge in [-0.2, -0.15) is 4.98 Å². The lowest BCUT2D eigenvalue weighted by molar-refractivity contribution is -0.120. The molecule has 0 unspecified atom stereocenters. The molecule has 0 bridgehead atoms. The molecule has 94 valence electrons. The first-order valence-electron chi connectivity index (χ1n) is 5.17. The predicted molar refractivity (Wildman–Crippen MR) is 61.6 cm³/mol. The van der Waals surface area contributed by atoms with Crippen LogP contribution >= 0.6 is 0 Å². The number of rotatable bonds is 6. The van der Waals surface area contributed by atoms with Gasteiger partial charge in [-0.05, 0) is 6.92 Å². The van der Waals surface area contributed by atoms with E-state index in [4.69, 9.17) is 5.84 Å². The predicted octanol–water partition coefficient (Wildman–Crippen LogP) is -0.161. The van der Waals surface area contributed by atoms with E-state index in [1.165, 1.54) is 0 Å². The molecular weight excluding hydrogens is 227 g/mol. The van der Waals surface area contributed by atoms with Crippen molar-refractivity contribution >= 4 is 17.7 Å². The average molecular weight is 242 g/mol. The molecule has 0 aliphatic carbocycles. The SMILES string of the molecule is CCNC(=O)CCNc1nc(NN)ncc1F. The Labute approximate surface area is 98.0 Å². The molecule has 0 saturated heterocycles. The first-order chi connectivity index (χ1) is 8.17. The summed E-state index contributed by atoms with van der Waals surface area (Å²) in [7, 11) is 0. The molecule has 0 atom stereocenters. The standard InChI is InChI=1S/C9H15FN6O/c1-2-12-7(17)3-4-13-8-6(10)5-14-9(15-8)16-11/h5H,2-4,11H2,1H3,(H,12,17)(H2,13,14,15,16). The molecule has 1 aromatic heterocycles. The molecule has 0 aliphatic heterocycles. The van der Waals surface area contributed by atoms with Crippen molar-refractivity contribution in [2.45, 2.75) is 13.3 Å². The van der Waals surface area contributed by atoms with E-state index < -0.39 is 5.82 Å². The van der Waals surface area contributed by atoms with Crippen molar-refractivity contribution in [3.05, 3.63) is 12.0 Å². The molecule has 8 heteroatoms. The van der Waals surface area contributed by atoms with Gasteiger partial charge in [0.05, 0.1) is 6.20 Å². The van der Waals surface area contributed by atoms with Crippen molar-refractivity contribution < 1.29 is 9.18 Å². The number of anilines is 2. The molecule has 7 nitrogen and oxygen atoms in total. The number of carbonyl (C=O) groups is 1. The maximum Gasteiger partial charge on any atom is 0.239 e. The summed E-state index contributed by atoms with van der Waals surface area (Å²) in [4.78, 5) is 18.5. The second kappa shape index (κ2) is 6.59. The molecule has 0 radical (unpaired) electrons. The lowest BCUT2D eigenvalue weighted by atomic mass is 10.4. The highest BCUT2D eigenvalue weighted by molar-refractivity contribution is 5.76. The van der Waals surface area contributed by atoms with Crippen LogP contribution in [-0.4, -0.2) is 29.0 Å². The molecular formula is C9H15FN6O. The Bertz CT molecular complexity index is 386. The Balaban J connectivity index is 2.48. The number of nitrogens with two attached hydrogens (primary N) is 1. The largest absolute Gasteiger partial charge is 0.367 e. The van der Waals surface area contributed by atoms with Gasteiger partial charge in [0, 0.05) is 19.5 Å². The van der Waals surface area contributed by atoms with Crippen molar-refractivity contribution in [3.63, 3.8) is 0 Å². The van der Waals surface area contributed by atoms with E-state index in [-0.39, 0.29) is 30.6 Å². The van der Waals surface area contributed by atoms with Crippen molar-refractivity contribution in [1.82, 2.24) is 15.3 Å². The highest BCUT2D eigenvalue weighted by Crippen LogP contribution is 2.10. The van der Waals surface area contributed by atoms with Gasteiger partial charge in [-0.15, -0.1) is 0 Å². The average Bonchev–Trinajstić information content (AvgIpc) is 2.32. The highest BCUT2D eigenvalue weighted by atomic mass is 19.1. The molecule has 1 amide bonds. The number of hydrazine groups is 1. The zero-order valence-electron chi connectivity index (χ0n) is 9.46. The van der Waals surface area contributed by atoms with Gasteiger partial charge in [-0.1, -0.05) is 0 Å². The summed E-state index contributed by atoms with van der Waals surface area (Å²) in [6.45, 7) is 2.68. The van der Waals surface area contributed by atoms with Gasteiger partial charge in [0.15, 0.2) is 11.6 Å². The summed E-state index contributed by atoms with van der Waals surface area (Å²) in [6.07, 6.45) is 1.24. The van der Waals surface area contributed by atoms with Crippen LogP contribution in [0.15, 0.2) is 6.20 Å². The molecule has 1 heterocycles. The minimum Gasteiger partial charge on any atom is -0.367 e. The fourth-order valence-electron chi connectivity index (χ4n) is 1.14. The minimum atomic E-state index is -0.597. The first-order valence-corrected chi connectivity index (χ1v) is 5.17. The van der Waals surface area contributed by atoms with Gasteiger partial charge in [0.2, 0.25) is 11.9 Å². The van der Waals surface area contributed by atoms with Crippen LogP contribution < -0.4 is 21.9 Å². The second-order valence-electron chi connectivity index (χ2n) is 3.16. The smallest absolute Gasteiger partial charge is 0.239 e. The Morgan fingerprint density at radius 2 is 2.35 bits per heavy atom. The molecule has 1 aromatic rings. The molecule has 17 heavy (non-hydrogen) atoms. The summed E-state index contributed by atoms with van der Waals surface area (Å²) in [5, 5.41) is 5.33. The van der Waals surface area contributed by atoms with E-state index >= 15 is 0 Å². The molecule has 0 aromatic carbocycles. The number of hydrogen-bond donors (Lipinski definition) is 4. The third kappa shape index (κ3) is 4.19. The lowest BCUT2D eigenvalue weighted by Gasteiger charge is -2.07. The molecule has 1 rings (SSSR count). The van der Waals surface area contributed by atoms with Gasteiger partial charge < -0.3 is 10.6 Å². The highest BCUT2D eigenvalue weighted by Gasteiger charge is 2.06. The van der Waals surface area contributed by atoms with Gasteiger partial charge in [0.1, 0.15) is 0 Å². The third-order valence-corrected chi connectivity index (χ3v) is 1.89. The fraction of sp³-hybridized carbons (Fsp3) is 0.444. The quantitative estimate of drug-likeness (QED) is 0.408.